The maximum atomic E-state index is 12.6. The minimum Gasteiger partial charge on any atom is -0.496 e. The summed E-state index contributed by atoms with van der Waals surface area (Å²) in [5.41, 5.74) is 1.34. The number of rotatable bonds is 6. The largest absolute Gasteiger partial charge is 0.496 e. The van der Waals surface area contributed by atoms with Crippen LogP contribution in [0, 0.1) is 0 Å². The number of sulfonamides is 1. The van der Waals surface area contributed by atoms with Crippen LogP contribution in [0.15, 0.2) is 71.9 Å². The van der Waals surface area contributed by atoms with E-state index >= 15 is 0 Å². The van der Waals surface area contributed by atoms with Crippen LogP contribution in [-0.2, 0) is 10.0 Å². The van der Waals surface area contributed by atoms with Gasteiger partial charge in [0, 0.05) is 17.4 Å². The van der Waals surface area contributed by atoms with Gasteiger partial charge < -0.3 is 15.4 Å². The van der Waals surface area contributed by atoms with E-state index in [2.05, 4.69) is 15.6 Å². The summed E-state index contributed by atoms with van der Waals surface area (Å²) in [6, 6.07) is 13.3. The van der Waals surface area contributed by atoms with Crippen LogP contribution in [0.4, 0.5) is 11.4 Å². The molecule has 3 aromatic rings. The highest BCUT2D eigenvalue weighted by Gasteiger charge is 2.18. The van der Waals surface area contributed by atoms with Gasteiger partial charge in [-0.1, -0.05) is 0 Å². The van der Waals surface area contributed by atoms with E-state index in [4.69, 9.17) is 9.88 Å². The Labute approximate surface area is 172 Å². The minimum absolute atomic E-state index is 0.00224. The van der Waals surface area contributed by atoms with Crippen molar-refractivity contribution in [2.45, 2.75) is 4.90 Å². The number of nitrogens with two attached hydrogens (primary N) is 1. The molecule has 0 spiro atoms. The van der Waals surface area contributed by atoms with Crippen LogP contribution in [0.2, 0.25) is 0 Å². The third-order valence-corrected chi connectivity index (χ3v) is 4.98. The molecular weight excluding hydrogens is 408 g/mol. The zero-order valence-electron chi connectivity index (χ0n) is 15.8. The second-order valence-electron chi connectivity index (χ2n) is 6.13. The number of primary sulfonamides is 1. The van der Waals surface area contributed by atoms with E-state index in [1.807, 2.05) is 0 Å². The number of carbonyl (C=O) groups excluding carboxylic acids is 2. The predicted molar refractivity (Wildman–Crippen MR) is 111 cm³/mol. The number of ether oxygens (including phenoxy) is 1. The van der Waals surface area contributed by atoms with Crippen molar-refractivity contribution in [3.63, 3.8) is 0 Å². The standard InChI is InChI=1S/C20H18N4O5S/c1-29-18-9-8-16(30(21,27)28)11-17(18)20(26)23-14-6-4-13(5-7-14)19(25)24-15-3-2-10-22-12-15/h2-12H,1H3,(H,23,26)(H,24,25)(H2,21,27,28). The van der Waals surface area contributed by atoms with Gasteiger partial charge in [-0.3, -0.25) is 14.6 Å². The summed E-state index contributed by atoms with van der Waals surface area (Å²) in [5, 5.41) is 10.5. The molecule has 0 aliphatic heterocycles. The maximum Gasteiger partial charge on any atom is 0.259 e. The molecule has 3 rings (SSSR count). The number of hydrogen-bond donors (Lipinski definition) is 3. The number of amides is 2. The summed E-state index contributed by atoms with van der Waals surface area (Å²) in [5.74, 6) is -0.735. The third-order valence-electron chi connectivity index (χ3n) is 4.07. The van der Waals surface area contributed by atoms with Crippen LogP contribution in [0.25, 0.3) is 0 Å². The number of hydrogen-bond acceptors (Lipinski definition) is 6. The first-order valence-electron chi connectivity index (χ1n) is 8.61. The second-order valence-corrected chi connectivity index (χ2v) is 7.70. The molecule has 4 N–H and O–H groups in total. The fraction of sp³-hybridized carbons (Fsp3) is 0.0500. The summed E-state index contributed by atoms with van der Waals surface area (Å²) >= 11 is 0. The lowest BCUT2D eigenvalue weighted by atomic mass is 10.1. The van der Waals surface area contributed by atoms with Gasteiger partial charge in [0.05, 0.1) is 29.5 Å². The molecule has 0 radical (unpaired) electrons. The van der Waals surface area contributed by atoms with Crippen molar-refractivity contribution >= 4 is 33.2 Å². The fourth-order valence-electron chi connectivity index (χ4n) is 2.58. The molecule has 1 aromatic heterocycles. The van der Waals surface area contributed by atoms with Crippen molar-refractivity contribution < 1.29 is 22.7 Å². The van der Waals surface area contributed by atoms with Gasteiger partial charge in [-0.15, -0.1) is 0 Å². The number of methoxy groups -OCH3 is 1. The summed E-state index contributed by atoms with van der Waals surface area (Å²) in [7, 11) is -2.62. The van der Waals surface area contributed by atoms with Gasteiger partial charge in [-0.05, 0) is 54.6 Å². The van der Waals surface area contributed by atoms with E-state index in [1.165, 1.54) is 25.4 Å². The van der Waals surface area contributed by atoms with Crippen LogP contribution in [0.5, 0.6) is 5.75 Å². The van der Waals surface area contributed by atoms with Crippen LogP contribution < -0.4 is 20.5 Å². The molecule has 154 valence electrons. The highest BCUT2D eigenvalue weighted by molar-refractivity contribution is 7.89. The van der Waals surface area contributed by atoms with Crippen molar-refractivity contribution in [2.75, 3.05) is 17.7 Å². The van der Waals surface area contributed by atoms with E-state index in [9.17, 15) is 18.0 Å². The van der Waals surface area contributed by atoms with Gasteiger partial charge >= 0.3 is 0 Å². The Morgan fingerprint density at radius 1 is 0.967 bits per heavy atom. The number of benzene rings is 2. The average molecular weight is 426 g/mol. The van der Waals surface area contributed by atoms with Crippen LogP contribution in [-0.4, -0.2) is 32.3 Å². The Morgan fingerprint density at radius 3 is 2.27 bits per heavy atom. The molecule has 0 atom stereocenters. The molecule has 30 heavy (non-hydrogen) atoms. The maximum absolute atomic E-state index is 12.6. The zero-order chi connectivity index (χ0) is 21.7. The first-order chi connectivity index (χ1) is 14.3. The van der Waals surface area contributed by atoms with Crippen molar-refractivity contribution in [1.82, 2.24) is 4.98 Å². The van der Waals surface area contributed by atoms with Crippen molar-refractivity contribution in [3.8, 4) is 5.75 Å². The van der Waals surface area contributed by atoms with Gasteiger partial charge in [0.25, 0.3) is 11.8 Å². The Balaban J connectivity index is 1.75. The second kappa shape index (κ2) is 8.72. The Bertz CT molecular complexity index is 1180. The third kappa shape index (κ3) is 4.99. The first-order valence-corrected chi connectivity index (χ1v) is 10.2. The van der Waals surface area contributed by atoms with E-state index in [0.717, 1.165) is 6.07 Å². The predicted octanol–water partition coefficient (Wildman–Crippen LogP) is 2.24. The summed E-state index contributed by atoms with van der Waals surface area (Å²) < 4.78 is 28.2. The molecule has 2 aromatic carbocycles. The molecule has 0 saturated carbocycles. The Kier molecular flexibility index (Phi) is 6.09. The summed E-state index contributed by atoms with van der Waals surface area (Å²) in [6.45, 7) is 0. The number of nitrogens with one attached hydrogen (secondary N) is 2. The molecular formula is C20H18N4O5S. The van der Waals surface area contributed by atoms with E-state index in [0.29, 0.717) is 16.9 Å². The topological polar surface area (TPSA) is 140 Å². The van der Waals surface area contributed by atoms with Crippen molar-refractivity contribution in [2.24, 2.45) is 5.14 Å². The quantitative estimate of drug-likeness (QED) is 0.552. The highest BCUT2D eigenvalue weighted by atomic mass is 32.2. The van der Waals surface area contributed by atoms with Crippen LogP contribution in [0.1, 0.15) is 20.7 Å². The number of carbonyl (C=O) groups is 2. The van der Waals surface area contributed by atoms with E-state index in [1.54, 1.807) is 42.6 Å². The molecule has 2 amide bonds. The molecule has 0 bridgehead atoms. The van der Waals surface area contributed by atoms with Crippen LogP contribution in [0.3, 0.4) is 0 Å². The van der Waals surface area contributed by atoms with Crippen LogP contribution >= 0.6 is 0 Å². The number of aromatic nitrogens is 1. The average Bonchev–Trinajstić information content (AvgIpc) is 2.73. The monoisotopic (exact) mass is 426 g/mol. The molecule has 1 heterocycles. The molecule has 0 unspecified atom stereocenters. The lowest BCUT2D eigenvalue weighted by Gasteiger charge is -2.11. The van der Waals surface area contributed by atoms with E-state index < -0.39 is 15.9 Å². The van der Waals surface area contributed by atoms with Crippen molar-refractivity contribution in [3.05, 3.63) is 78.1 Å². The summed E-state index contributed by atoms with van der Waals surface area (Å²) in [6.07, 6.45) is 3.12. The van der Waals surface area contributed by atoms with Gasteiger partial charge in [-0.25, -0.2) is 13.6 Å². The zero-order valence-corrected chi connectivity index (χ0v) is 16.6. The highest BCUT2D eigenvalue weighted by Crippen LogP contribution is 2.23. The number of nitrogens with zero attached hydrogens (tertiary/aromatic N) is 1. The van der Waals surface area contributed by atoms with Gasteiger partial charge in [-0.2, -0.15) is 0 Å². The lowest BCUT2D eigenvalue weighted by Crippen LogP contribution is -2.17. The molecule has 10 heteroatoms. The normalized spacial score (nSPS) is 10.9. The van der Waals surface area contributed by atoms with Gasteiger partial charge in [0.2, 0.25) is 10.0 Å². The first kappa shape index (κ1) is 21.0. The Hall–Kier alpha value is -3.76. The fourth-order valence-corrected chi connectivity index (χ4v) is 3.12. The lowest BCUT2D eigenvalue weighted by molar-refractivity contribution is 0.101. The molecule has 0 aliphatic rings. The van der Waals surface area contributed by atoms with Crippen molar-refractivity contribution in [1.29, 1.82) is 0 Å². The summed E-state index contributed by atoms with van der Waals surface area (Å²) in [4.78, 5) is 28.6. The smallest absolute Gasteiger partial charge is 0.259 e. The van der Waals surface area contributed by atoms with E-state index in [-0.39, 0.29) is 22.1 Å². The number of pyridine rings is 1. The SMILES string of the molecule is COc1ccc(S(N)(=O)=O)cc1C(=O)Nc1ccc(C(=O)Nc2cccnc2)cc1. The molecule has 0 saturated heterocycles. The minimum atomic E-state index is -3.98. The molecule has 9 nitrogen and oxygen atoms in total. The Morgan fingerprint density at radius 2 is 1.67 bits per heavy atom. The molecule has 0 aliphatic carbocycles. The van der Waals surface area contributed by atoms with Gasteiger partial charge in [0.15, 0.2) is 0 Å². The van der Waals surface area contributed by atoms with Gasteiger partial charge in [0.1, 0.15) is 5.75 Å². The molecule has 0 fully saturated rings. The number of anilines is 2.